The number of phenols is 2. The van der Waals surface area contributed by atoms with Crippen molar-refractivity contribution in [2.24, 2.45) is 9.98 Å². The first kappa shape index (κ1) is 19.7. The summed E-state index contributed by atoms with van der Waals surface area (Å²) < 4.78 is 10.4. The molecule has 0 unspecified atom stereocenters. The summed E-state index contributed by atoms with van der Waals surface area (Å²) in [4.78, 5) is 9.40. The number of ether oxygens (including phenoxy) is 2. The summed E-state index contributed by atoms with van der Waals surface area (Å²) in [7, 11) is 3.18. The molecule has 2 aromatic rings. The number of phenolic OH excluding ortho intramolecular Hbond substituents is 2. The molecule has 1 fully saturated rings. The minimum Gasteiger partial charge on any atom is -0.507 e. The van der Waals surface area contributed by atoms with E-state index in [-0.39, 0.29) is 23.6 Å². The molecular weight excluding hydrogens is 356 g/mol. The van der Waals surface area contributed by atoms with Gasteiger partial charge in [-0.1, -0.05) is 12.8 Å². The van der Waals surface area contributed by atoms with Crippen molar-refractivity contribution < 1.29 is 19.7 Å². The normalized spacial score (nSPS) is 19.9. The Morgan fingerprint density at radius 1 is 0.786 bits per heavy atom. The molecule has 0 heterocycles. The molecule has 0 aromatic heterocycles. The first-order valence-corrected chi connectivity index (χ1v) is 9.41. The number of hydrogen-bond donors (Lipinski definition) is 2. The zero-order chi connectivity index (χ0) is 19.9. The summed E-state index contributed by atoms with van der Waals surface area (Å²) >= 11 is 0. The van der Waals surface area contributed by atoms with Gasteiger partial charge in [0.2, 0.25) is 0 Å². The molecule has 6 heteroatoms. The number of methoxy groups -OCH3 is 2. The van der Waals surface area contributed by atoms with Crippen molar-refractivity contribution in [1.29, 1.82) is 0 Å². The SMILES string of the molecule is COc1ccc(O)c(C=N[C@H]2CCCC[C@@H]2N=Cc2cc(OC)ccc2O)c1. The van der Waals surface area contributed by atoms with E-state index >= 15 is 0 Å². The monoisotopic (exact) mass is 382 g/mol. The molecule has 1 aliphatic carbocycles. The Balaban J connectivity index is 1.77. The minimum atomic E-state index is 0.0309. The average Bonchev–Trinajstić information content (AvgIpc) is 2.73. The van der Waals surface area contributed by atoms with Crippen molar-refractivity contribution in [1.82, 2.24) is 0 Å². The van der Waals surface area contributed by atoms with Crippen molar-refractivity contribution in [2.75, 3.05) is 14.2 Å². The second kappa shape index (κ2) is 9.26. The van der Waals surface area contributed by atoms with Gasteiger partial charge in [0.15, 0.2) is 0 Å². The van der Waals surface area contributed by atoms with Crippen molar-refractivity contribution in [3.05, 3.63) is 47.5 Å². The lowest BCUT2D eigenvalue weighted by molar-refractivity contribution is 0.389. The van der Waals surface area contributed by atoms with E-state index in [4.69, 9.17) is 19.5 Å². The predicted octanol–water partition coefficient (Wildman–Crippen LogP) is 3.96. The van der Waals surface area contributed by atoms with Gasteiger partial charge in [-0.2, -0.15) is 0 Å². The molecule has 6 nitrogen and oxygen atoms in total. The van der Waals surface area contributed by atoms with Gasteiger partial charge in [0.05, 0.1) is 26.3 Å². The number of nitrogens with zero attached hydrogens (tertiary/aromatic N) is 2. The van der Waals surface area contributed by atoms with E-state index in [0.29, 0.717) is 22.6 Å². The molecule has 1 saturated carbocycles. The number of hydrogen-bond acceptors (Lipinski definition) is 6. The van der Waals surface area contributed by atoms with Crippen LogP contribution in [0.15, 0.2) is 46.4 Å². The first-order chi connectivity index (χ1) is 13.6. The van der Waals surface area contributed by atoms with Crippen LogP contribution < -0.4 is 9.47 Å². The van der Waals surface area contributed by atoms with Crippen LogP contribution in [0.1, 0.15) is 36.8 Å². The largest absolute Gasteiger partial charge is 0.507 e. The summed E-state index contributed by atoms with van der Waals surface area (Å²) in [5, 5.41) is 20.1. The third kappa shape index (κ3) is 4.82. The zero-order valence-corrected chi connectivity index (χ0v) is 16.2. The maximum Gasteiger partial charge on any atom is 0.124 e. The first-order valence-electron chi connectivity index (χ1n) is 9.41. The molecule has 0 amide bonds. The zero-order valence-electron chi connectivity index (χ0n) is 16.2. The topological polar surface area (TPSA) is 83.6 Å². The van der Waals surface area contributed by atoms with E-state index in [0.717, 1.165) is 25.7 Å². The van der Waals surface area contributed by atoms with E-state index in [2.05, 4.69) is 0 Å². The van der Waals surface area contributed by atoms with Crippen molar-refractivity contribution in [3.8, 4) is 23.0 Å². The molecular formula is C22H26N2O4. The predicted molar refractivity (Wildman–Crippen MR) is 111 cm³/mol. The molecule has 2 aromatic carbocycles. The fourth-order valence-corrected chi connectivity index (χ4v) is 3.32. The molecule has 0 radical (unpaired) electrons. The highest BCUT2D eigenvalue weighted by Crippen LogP contribution is 2.27. The lowest BCUT2D eigenvalue weighted by Crippen LogP contribution is -2.27. The quantitative estimate of drug-likeness (QED) is 0.741. The van der Waals surface area contributed by atoms with E-state index in [1.165, 1.54) is 0 Å². The number of aliphatic imine (C=N–C) groups is 2. The Morgan fingerprint density at radius 2 is 1.21 bits per heavy atom. The molecule has 2 atom stereocenters. The molecule has 0 aliphatic heterocycles. The molecule has 1 aliphatic rings. The van der Waals surface area contributed by atoms with Crippen molar-refractivity contribution in [3.63, 3.8) is 0 Å². The van der Waals surface area contributed by atoms with Crippen LogP contribution >= 0.6 is 0 Å². The standard InChI is InChI=1S/C22H26N2O4/c1-27-17-7-9-21(25)15(11-17)13-23-19-5-3-4-6-20(19)24-14-16-12-18(28-2)8-10-22(16)26/h7-14,19-20,25-26H,3-6H2,1-2H3/t19-,20-/m0/s1. The van der Waals surface area contributed by atoms with Crippen LogP contribution in [0.25, 0.3) is 0 Å². The fraction of sp³-hybridized carbons (Fsp3) is 0.364. The molecule has 0 saturated heterocycles. The second-order valence-corrected chi connectivity index (χ2v) is 6.82. The van der Waals surface area contributed by atoms with E-state index < -0.39 is 0 Å². The summed E-state index contributed by atoms with van der Waals surface area (Å²) in [6.07, 6.45) is 7.46. The summed E-state index contributed by atoms with van der Waals surface area (Å²) in [5.41, 5.74) is 1.25. The Kier molecular flexibility index (Phi) is 6.53. The third-order valence-corrected chi connectivity index (χ3v) is 4.97. The van der Waals surface area contributed by atoms with Crippen LogP contribution in [0.5, 0.6) is 23.0 Å². The van der Waals surface area contributed by atoms with Crippen LogP contribution in [0, 0.1) is 0 Å². The van der Waals surface area contributed by atoms with Crippen LogP contribution in [-0.2, 0) is 0 Å². The minimum absolute atomic E-state index is 0.0309. The Labute approximate surface area is 165 Å². The van der Waals surface area contributed by atoms with E-state index in [1.54, 1.807) is 63.0 Å². The van der Waals surface area contributed by atoms with Crippen molar-refractivity contribution >= 4 is 12.4 Å². The molecule has 28 heavy (non-hydrogen) atoms. The van der Waals surface area contributed by atoms with Gasteiger partial charge >= 0.3 is 0 Å². The average molecular weight is 382 g/mol. The fourth-order valence-electron chi connectivity index (χ4n) is 3.32. The van der Waals surface area contributed by atoms with Gasteiger partial charge < -0.3 is 19.7 Å². The van der Waals surface area contributed by atoms with Gasteiger partial charge in [-0.15, -0.1) is 0 Å². The van der Waals surface area contributed by atoms with Gasteiger partial charge in [0.25, 0.3) is 0 Å². The van der Waals surface area contributed by atoms with Gasteiger partial charge in [0, 0.05) is 23.6 Å². The van der Waals surface area contributed by atoms with Crippen LogP contribution in [-0.4, -0.2) is 48.9 Å². The smallest absolute Gasteiger partial charge is 0.124 e. The Bertz CT molecular complexity index is 792. The van der Waals surface area contributed by atoms with Crippen molar-refractivity contribution in [2.45, 2.75) is 37.8 Å². The molecule has 2 N–H and O–H groups in total. The molecule has 148 valence electrons. The number of benzene rings is 2. The van der Waals surface area contributed by atoms with Gasteiger partial charge in [-0.05, 0) is 49.2 Å². The molecule has 3 rings (SSSR count). The van der Waals surface area contributed by atoms with Gasteiger partial charge in [-0.3, -0.25) is 9.98 Å². The van der Waals surface area contributed by atoms with Crippen LogP contribution in [0.4, 0.5) is 0 Å². The van der Waals surface area contributed by atoms with Gasteiger partial charge in [-0.25, -0.2) is 0 Å². The highest BCUT2D eigenvalue weighted by Gasteiger charge is 2.23. The summed E-state index contributed by atoms with van der Waals surface area (Å²) in [6, 6.07) is 10.2. The maximum absolute atomic E-state index is 10.0. The maximum atomic E-state index is 10.0. The highest BCUT2D eigenvalue weighted by atomic mass is 16.5. The lowest BCUT2D eigenvalue weighted by atomic mass is 9.91. The van der Waals surface area contributed by atoms with E-state index in [9.17, 15) is 10.2 Å². The molecule has 0 bridgehead atoms. The summed E-state index contributed by atoms with van der Waals surface area (Å²) in [5.74, 6) is 1.68. The van der Waals surface area contributed by atoms with Crippen LogP contribution in [0.2, 0.25) is 0 Å². The lowest BCUT2D eigenvalue weighted by Gasteiger charge is -2.25. The highest BCUT2D eigenvalue weighted by molar-refractivity contribution is 5.85. The third-order valence-electron chi connectivity index (χ3n) is 4.97. The summed E-state index contributed by atoms with van der Waals surface area (Å²) in [6.45, 7) is 0. The number of rotatable bonds is 6. The number of aromatic hydroxyl groups is 2. The van der Waals surface area contributed by atoms with E-state index in [1.807, 2.05) is 0 Å². The van der Waals surface area contributed by atoms with Crippen LogP contribution in [0.3, 0.4) is 0 Å². The second-order valence-electron chi connectivity index (χ2n) is 6.82. The van der Waals surface area contributed by atoms with Gasteiger partial charge in [0.1, 0.15) is 23.0 Å². The molecule has 0 spiro atoms. The Morgan fingerprint density at radius 3 is 1.61 bits per heavy atom. The Hall–Kier alpha value is -3.02.